The van der Waals surface area contributed by atoms with Crippen molar-refractivity contribution in [3.05, 3.63) is 41.2 Å². The standard InChI is InChI=1S/C14H10ClN5O4/c15-10-2-3-11(19-8-16-17-18-19)9(7-10)1-6-14(23)24-20-12(21)4-5-13(20)22/h1-3,6-8H,4-5H2. The maximum atomic E-state index is 11.8. The van der Waals surface area contributed by atoms with Crippen molar-refractivity contribution in [2.75, 3.05) is 0 Å². The van der Waals surface area contributed by atoms with Gasteiger partial charge >= 0.3 is 5.97 Å². The molecule has 24 heavy (non-hydrogen) atoms. The van der Waals surface area contributed by atoms with E-state index >= 15 is 0 Å². The molecule has 10 heteroatoms. The molecule has 0 saturated carbocycles. The fourth-order valence-electron chi connectivity index (χ4n) is 2.08. The number of hydroxylamine groups is 2. The van der Waals surface area contributed by atoms with Gasteiger partial charge in [0.25, 0.3) is 11.8 Å². The fraction of sp³-hybridized carbons (Fsp3) is 0.143. The molecular formula is C14H10ClN5O4. The van der Waals surface area contributed by atoms with Gasteiger partial charge in [-0.1, -0.05) is 11.6 Å². The van der Waals surface area contributed by atoms with Gasteiger partial charge in [-0.05, 0) is 34.7 Å². The van der Waals surface area contributed by atoms with E-state index in [9.17, 15) is 14.4 Å². The van der Waals surface area contributed by atoms with Gasteiger partial charge in [0, 0.05) is 29.5 Å². The van der Waals surface area contributed by atoms with E-state index in [0.717, 1.165) is 6.08 Å². The average molecular weight is 348 g/mol. The summed E-state index contributed by atoms with van der Waals surface area (Å²) >= 11 is 5.96. The minimum atomic E-state index is -0.860. The monoisotopic (exact) mass is 347 g/mol. The Labute approximate surface area is 140 Å². The number of carbonyl (C=O) groups excluding carboxylic acids is 3. The number of tetrazole rings is 1. The number of amides is 2. The van der Waals surface area contributed by atoms with Crippen molar-refractivity contribution in [3.63, 3.8) is 0 Å². The molecule has 1 aromatic carbocycles. The molecule has 1 saturated heterocycles. The highest BCUT2D eigenvalue weighted by molar-refractivity contribution is 6.30. The van der Waals surface area contributed by atoms with E-state index in [2.05, 4.69) is 15.5 Å². The first kappa shape index (κ1) is 15.8. The van der Waals surface area contributed by atoms with Crippen LogP contribution in [0.4, 0.5) is 0 Å². The molecule has 1 aliphatic heterocycles. The molecule has 0 unspecified atom stereocenters. The molecule has 0 atom stereocenters. The molecule has 0 aliphatic carbocycles. The second-order valence-electron chi connectivity index (χ2n) is 4.78. The van der Waals surface area contributed by atoms with E-state index in [4.69, 9.17) is 16.4 Å². The molecule has 122 valence electrons. The van der Waals surface area contributed by atoms with Crippen LogP contribution in [0.15, 0.2) is 30.6 Å². The first-order valence-corrected chi connectivity index (χ1v) is 7.21. The number of rotatable bonds is 4. The number of carbonyl (C=O) groups is 3. The Balaban J connectivity index is 1.79. The highest BCUT2D eigenvalue weighted by atomic mass is 35.5. The molecule has 0 spiro atoms. The summed E-state index contributed by atoms with van der Waals surface area (Å²) < 4.78 is 1.40. The molecule has 2 heterocycles. The lowest BCUT2D eigenvalue weighted by Gasteiger charge is -2.10. The lowest BCUT2D eigenvalue weighted by Crippen LogP contribution is -2.31. The predicted octanol–water partition coefficient (Wildman–Crippen LogP) is 0.936. The molecule has 9 nitrogen and oxygen atoms in total. The third-order valence-electron chi connectivity index (χ3n) is 3.17. The number of halogens is 1. The Kier molecular flexibility index (Phi) is 4.34. The summed E-state index contributed by atoms with van der Waals surface area (Å²) in [7, 11) is 0. The van der Waals surface area contributed by atoms with Crippen molar-refractivity contribution < 1.29 is 19.2 Å². The number of hydrogen-bond donors (Lipinski definition) is 0. The van der Waals surface area contributed by atoms with Gasteiger partial charge in [0.15, 0.2) is 0 Å². The molecule has 3 rings (SSSR count). The van der Waals surface area contributed by atoms with E-state index in [1.165, 1.54) is 17.1 Å². The van der Waals surface area contributed by atoms with E-state index in [0.29, 0.717) is 21.3 Å². The van der Waals surface area contributed by atoms with E-state index in [1.807, 2.05) is 0 Å². The first-order valence-electron chi connectivity index (χ1n) is 6.83. The van der Waals surface area contributed by atoms with Crippen LogP contribution in [0.25, 0.3) is 11.8 Å². The van der Waals surface area contributed by atoms with Crippen LogP contribution < -0.4 is 0 Å². The molecule has 1 aliphatic rings. The zero-order chi connectivity index (χ0) is 17.1. The molecule has 2 amide bonds. The maximum absolute atomic E-state index is 11.8. The quantitative estimate of drug-likeness (QED) is 0.598. The van der Waals surface area contributed by atoms with Gasteiger partial charge < -0.3 is 4.84 Å². The number of nitrogens with zero attached hydrogens (tertiary/aromatic N) is 5. The van der Waals surface area contributed by atoms with Gasteiger partial charge in [0.05, 0.1) is 5.69 Å². The number of imide groups is 1. The molecule has 1 fully saturated rings. The number of benzene rings is 1. The zero-order valence-corrected chi connectivity index (χ0v) is 12.9. The van der Waals surface area contributed by atoms with E-state index in [-0.39, 0.29) is 12.8 Å². The number of hydrogen-bond acceptors (Lipinski definition) is 7. The molecule has 0 radical (unpaired) electrons. The second kappa shape index (κ2) is 6.59. The topological polar surface area (TPSA) is 107 Å². The van der Waals surface area contributed by atoms with Gasteiger partial charge in [-0.2, -0.15) is 4.68 Å². The van der Waals surface area contributed by atoms with Crippen molar-refractivity contribution in [1.29, 1.82) is 0 Å². The van der Waals surface area contributed by atoms with Crippen LogP contribution in [-0.4, -0.2) is 43.1 Å². The lowest BCUT2D eigenvalue weighted by molar-refractivity contribution is -0.193. The Bertz CT molecular complexity index is 818. The first-order chi connectivity index (χ1) is 11.5. The van der Waals surface area contributed by atoms with Crippen LogP contribution >= 0.6 is 11.6 Å². The smallest absolute Gasteiger partial charge is 0.326 e. The van der Waals surface area contributed by atoms with Crippen molar-refractivity contribution >= 4 is 35.5 Å². The Morgan fingerprint density at radius 3 is 2.67 bits per heavy atom. The average Bonchev–Trinajstić information content (AvgIpc) is 3.19. The van der Waals surface area contributed by atoms with Crippen molar-refractivity contribution in [2.45, 2.75) is 12.8 Å². The van der Waals surface area contributed by atoms with Crippen molar-refractivity contribution in [3.8, 4) is 5.69 Å². The maximum Gasteiger partial charge on any atom is 0.356 e. The Morgan fingerprint density at radius 2 is 2.00 bits per heavy atom. The van der Waals surface area contributed by atoms with Gasteiger partial charge in [0.2, 0.25) is 0 Å². The summed E-state index contributed by atoms with van der Waals surface area (Å²) in [5.74, 6) is -1.95. The summed E-state index contributed by atoms with van der Waals surface area (Å²) in [6.07, 6.45) is 3.97. The zero-order valence-electron chi connectivity index (χ0n) is 12.1. The molecular weight excluding hydrogens is 338 g/mol. The normalized spacial score (nSPS) is 14.6. The van der Waals surface area contributed by atoms with Crippen LogP contribution in [-0.2, 0) is 19.2 Å². The SMILES string of the molecule is O=C(C=Cc1cc(Cl)ccc1-n1cnnn1)ON1C(=O)CCC1=O. The molecule has 0 N–H and O–H groups in total. The minimum absolute atomic E-state index is 0.0353. The van der Waals surface area contributed by atoms with Gasteiger partial charge in [0.1, 0.15) is 6.33 Å². The third-order valence-corrected chi connectivity index (χ3v) is 3.41. The fourth-order valence-corrected chi connectivity index (χ4v) is 2.26. The highest BCUT2D eigenvalue weighted by Gasteiger charge is 2.32. The molecule has 1 aromatic heterocycles. The number of aromatic nitrogens is 4. The van der Waals surface area contributed by atoms with Crippen LogP contribution in [0.5, 0.6) is 0 Å². The Hall–Kier alpha value is -3.07. The second-order valence-corrected chi connectivity index (χ2v) is 5.22. The molecule has 0 bridgehead atoms. The van der Waals surface area contributed by atoms with Gasteiger partial charge in [-0.3, -0.25) is 9.59 Å². The van der Waals surface area contributed by atoms with E-state index in [1.54, 1.807) is 18.2 Å². The Morgan fingerprint density at radius 1 is 1.25 bits per heavy atom. The third kappa shape index (κ3) is 3.30. The minimum Gasteiger partial charge on any atom is -0.326 e. The predicted molar refractivity (Wildman–Crippen MR) is 80.4 cm³/mol. The summed E-state index contributed by atoms with van der Waals surface area (Å²) in [6, 6.07) is 4.93. The summed E-state index contributed by atoms with van der Waals surface area (Å²) in [5.41, 5.74) is 1.13. The largest absolute Gasteiger partial charge is 0.356 e. The lowest BCUT2D eigenvalue weighted by atomic mass is 10.1. The van der Waals surface area contributed by atoms with Gasteiger partial charge in [-0.25, -0.2) is 4.79 Å². The van der Waals surface area contributed by atoms with Crippen LogP contribution in [0, 0.1) is 0 Å². The molecule has 2 aromatic rings. The van der Waals surface area contributed by atoms with Crippen LogP contribution in [0.2, 0.25) is 5.02 Å². The summed E-state index contributed by atoms with van der Waals surface area (Å²) in [6.45, 7) is 0. The van der Waals surface area contributed by atoms with E-state index < -0.39 is 17.8 Å². The summed E-state index contributed by atoms with van der Waals surface area (Å²) in [4.78, 5) is 39.4. The van der Waals surface area contributed by atoms with Crippen molar-refractivity contribution in [2.24, 2.45) is 0 Å². The van der Waals surface area contributed by atoms with Crippen LogP contribution in [0.3, 0.4) is 0 Å². The van der Waals surface area contributed by atoms with Gasteiger partial charge in [-0.15, -0.1) is 10.2 Å². The highest BCUT2D eigenvalue weighted by Crippen LogP contribution is 2.20. The van der Waals surface area contributed by atoms with Crippen LogP contribution in [0.1, 0.15) is 18.4 Å². The summed E-state index contributed by atoms with van der Waals surface area (Å²) in [5, 5.41) is 11.8. The van der Waals surface area contributed by atoms with Crippen molar-refractivity contribution in [1.82, 2.24) is 25.3 Å².